The third-order valence-corrected chi connectivity index (χ3v) is 4.68. The number of hydrogen-bond acceptors (Lipinski definition) is 6. The van der Waals surface area contributed by atoms with Gasteiger partial charge in [0.2, 0.25) is 10.0 Å². The molecule has 23 heavy (non-hydrogen) atoms. The molecule has 0 unspecified atom stereocenters. The molecule has 0 aliphatic rings. The Labute approximate surface area is 142 Å². The number of nitrogens with zero attached hydrogens (tertiary/aromatic N) is 1. The fourth-order valence-electron chi connectivity index (χ4n) is 1.73. The van der Waals surface area contributed by atoms with Gasteiger partial charge in [-0.25, -0.2) is 13.4 Å². The van der Waals surface area contributed by atoms with E-state index in [1.807, 2.05) is 0 Å². The normalized spacial score (nSPS) is 11.3. The van der Waals surface area contributed by atoms with Crippen molar-refractivity contribution in [1.29, 1.82) is 0 Å². The van der Waals surface area contributed by atoms with Gasteiger partial charge in [0.15, 0.2) is 10.9 Å². The van der Waals surface area contributed by atoms with Gasteiger partial charge in [0, 0.05) is 9.90 Å². The zero-order valence-corrected chi connectivity index (χ0v) is 14.9. The first kappa shape index (κ1) is 17.5. The van der Waals surface area contributed by atoms with Crippen LogP contribution in [0, 0.1) is 13.8 Å². The Morgan fingerprint density at radius 3 is 2.61 bits per heavy atom. The van der Waals surface area contributed by atoms with E-state index in [0.717, 1.165) is 17.6 Å². The Bertz CT molecular complexity index is 878. The molecule has 2 aromatic rings. The number of halogens is 1. The maximum Gasteiger partial charge on any atom is 0.261 e. The quantitative estimate of drug-likeness (QED) is 0.761. The maximum atomic E-state index is 12.2. The van der Waals surface area contributed by atoms with Gasteiger partial charge in [-0.1, -0.05) is 22.9 Å². The number of hydrogen-bond donors (Lipinski definition) is 3. The number of anilines is 2. The molecule has 0 radical (unpaired) electrons. The Kier molecular flexibility index (Phi) is 4.83. The highest BCUT2D eigenvalue weighted by atomic mass is 35.5. The second kappa shape index (κ2) is 6.34. The van der Waals surface area contributed by atoms with Crippen molar-refractivity contribution < 1.29 is 18.3 Å². The third-order valence-electron chi connectivity index (χ3n) is 2.82. The first-order valence-corrected chi connectivity index (χ1v) is 9.41. The molecule has 1 heterocycles. The highest BCUT2D eigenvalue weighted by Gasteiger charge is 2.17. The summed E-state index contributed by atoms with van der Waals surface area (Å²) in [7, 11) is -3.46. The van der Waals surface area contributed by atoms with Crippen LogP contribution >= 0.6 is 22.9 Å². The summed E-state index contributed by atoms with van der Waals surface area (Å²) in [6, 6.07) is 2.75. The molecular weight excluding hydrogens is 362 g/mol. The van der Waals surface area contributed by atoms with Crippen LogP contribution in [-0.2, 0) is 10.0 Å². The number of carbonyl (C=O) groups excluding carboxylic acids is 1. The molecule has 1 aromatic heterocycles. The van der Waals surface area contributed by atoms with Gasteiger partial charge in [-0.3, -0.25) is 14.8 Å². The fourth-order valence-corrected chi connectivity index (χ4v) is 3.28. The minimum Gasteiger partial charge on any atom is -0.507 e. The SMILES string of the molecule is Cc1cc(O)c(C(=O)Nc2nc(NS(C)(=O)=O)c(C)s2)cc1Cl. The van der Waals surface area contributed by atoms with Crippen molar-refractivity contribution in [2.75, 3.05) is 16.3 Å². The molecule has 124 valence electrons. The summed E-state index contributed by atoms with van der Waals surface area (Å²) in [6.45, 7) is 3.37. The van der Waals surface area contributed by atoms with Gasteiger partial charge in [0.05, 0.1) is 11.8 Å². The van der Waals surface area contributed by atoms with E-state index in [0.29, 0.717) is 15.5 Å². The Morgan fingerprint density at radius 2 is 2.00 bits per heavy atom. The van der Waals surface area contributed by atoms with E-state index in [1.54, 1.807) is 13.8 Å². The number of carbonyl (C=O) groups is 1. The van der Waals surface area contributed by atoms with E-state index in [1.165, 1.54) is 12.1 Å². The summed E-state index contributed by atoms with van der Waals surface area (Å²) in [5.41, 5.74) is 0.650. The number of aromatic nitrogens is 1. The lowest BCUT2D eigenvalue weighted by Crippen LogP contribution is -2.13. The monoisotopic (exact) mass is 375 g/mol. The topological polar surface area (TPSA) is 108 Å². The number of amides is 1. The number of benzene rings is 1. The van der Waals surface area contributed by atoms with E-state index < -0.39 is 15.9 Å². The van der Waals surface area contributed by atoms with Crippen molar-refractivity contribution in [2.24, 2.45) is 0 Å². The van der Waals surface area contributed by atoms with Crippen LogP contribution in [0.2, 0.25) is 5.02 Å². The van der Waals surface area contributed by atoms with Crippen LogP contribution in [0.3, 0.4) is 0 Å². The van der Waals surface area contributed by atoms with Gasteiger partial charge in [-0.05, 0) is 31.5 Å². The van der Waals surface area contributed by atoms with Crippen molar-refractivity contribution in [3.05, 3.63) is 33.2 Å². The lowest BCUT2D eigenvalue weighted by molar-refractivity contribution is 0.102. The number of phenolic OH excluding ortho intramolecular Hbond substituents is 1. The van der Waals surface area contributed by atoms with Crippen LogP contribution in [-0.4, -0.2) is 30.7 Å². The molecule has 0 spiro atoms. The number of aryl methyl sites for hydroxylation is 2. The standard InChI is InChI=1S/C13H14ClN3O4S2/c1-6-4-10(18)8(5-9(6)14)12(19)16-13-15-11(7(2)22-13)17-23(3,20)21/h4-5,17-18H,1-3H3,(H,15,16,19). The van der Waals surface area contributed by atoms with E-state index in [-0.39, 0.29) is 22.3 Å². The Balaban J connectivity index is 2.25. The molecule has 0 atom stereocenters. The maximum absolute atomic E-state index is 12.2. The first-order chi connectivity index (χ1) is 10.6. The highest BCUT2D eigenvalue weighted by Crippen LogP contribution is 2.29. The van der Waals surface area contributed by atoms with Crippen LogP contribution in [0.1, 0.15) is 20.8 Å². The van der Waals surface area contributed by atoms with Gasteiger partial charge in [-0.15, -0.1) is 0 Å². The average Bonchev–Trinajstić information content (AvgIpc) is 2.71. The van der Waals surface area contributed by atoms with Gasteiger partial charge >= 0.3 is 0 Å². The Morgan fingerprint density at radius 1 is 1.35 bits per heavy atom. The van der Waals surface area contributed by atoms with Crippen molar-refractivity contribution in [3.8, 4) is 5.75 Å². The van der Waals surface area contributed by atoms with Crippen molar-refractivity contribution in [1.82, 2.24) is 4.98 Å². The second-order valence-corrected chi connectivity index (χ2v) is 8.23. The van der Waals surface area contributed by atoms with Crippen LogP contribution in [0.5, 0.6) is 5.75 Å². The summed E-state index contributed by atoms with van der Waals surface area (Å²) in [5.74, 6) is -0.643. The molecule has 0 aliphatic heterocycles. The molecule has 0 saturated carbocycles. The molecule has 0 fully saturated rings. The molecule has 1 aromatic carbocycles. The second-order valence-electron chi connectivity index (χ2n) is 4.87. The van der Waals surface area contributed by atoms with Gasteiger partial charge < -0.3 is 5.11 Å². The zero-order chi connectivity index (χ0) is 17.4. The summed E-state index contributed by atoms with van der Waals surface area (Å²) >= 11 is 7.06. The predicted octanol–water partition coefficient (Wildman–Crippen LogP) is 2.74. The molecule has 2 rings (SSSR count). The van der Waals surface area contributed by atoms with E-state index in [4.69, 9.17) is 11.6 Å². The van der Waals surface area contributed by atoms with Crippen LogP contribution in [0.25, 0.3) is 0 Å². The van der Waals surface area contributed by atoms with E-state index >= 15 is 0 Å². The number of rotatable bonds is 4. The van der Waals surface area contributed by atoms with Gasteiger partial charge in [0.25, 0.3) is 5.91 Å². The number of nitrogens with one attached hydrogen (secondary N) is 2. The first-order valence-electron chi connectivity index (χ1n) is 6.32. The molecule has 1 amide bonds. The van der Waals surface area contributed by atoms with Crippen LogP contribution in [0.4, 0.5) is 10.9 Å². The van der Waals surface area contributed by atoms with Crippen LogP contribution < -0.4 is 10.0 Å². The number of phenols is 1. The molecule has 7 nitrogen and oxygen atoms in total. The Hall–Kier alpha value is -1.84. The summed E-state index contributed by atoms with van der Waals surface area (Å²) < 4.78 is 24.7. The fraction of sp³-hybridized carbons (Fsp3) is 0.231. The zero-order valence-electron chi connectivity index (χ0n) is 12.5. The van der Waals surface area contributed by atoms with Crippen molar-refractivity contribution >= 4 is 49.8 Å². The minimum atomic E-state index is -3.46. The lowest BCUT2D eigenvalue weighted by Gasteiger charge is -2.06. The summed E-state index contributed by atoms with van der Waals surface area (Å²) in [5, 5.41) is 12.9. The molecule has 10 heteroatoms. The largest absolute Gasteiger partial charge is 0.507 e. The van der Waals surface area contributed by atoms with Gasteiger partial charge in [-0.2, -0.15) is 0 Å². The van der Waals surface area contributed by atoms with E-state index in [2.05, 4.69) is 15.0 Å². The van der Waals surface area contributed by atoms with Crippen molar-refractivity contribution in [2.45, 2.75) is 13.8 Å². The highest BCUT2D eigenvalue weighted by molar-refractivity contribution is 7.92. The molecule has 3 N–H and O–H groups in total. The van der Waals surface area contributed by atoms with Crippen LogP contribution in [0.15, 0.2) is 12.1 Å². The number of aromatic hydroxyl groups is 1. The lowest BCUT2D eigenvalue weighted by atomic mass is 10.1. The molecule has 0 bridgehead atoms. The molecule has 0 saturated heterocycles. The summed E-state index contributed by atoms with van der Waals surface area (Å²) in [4.78, 5) is 16.8. The third kappa shape index (κ3) is 4.34. The van der Waals surface area contributed by atoms with E-state index in [9.17, 15) is 18.3 Å². The number of sulfonamides is 1. The minimum absolute atomic E-state index is 0.00563. The smallest absolute Gasteiger partial charge is 0.261 e. The number of thiazole rings is 1. The molecular formula is C13H14ClN3O4S2. The van der Waals surface area contributed by atoms with Gasteiger partial charge in [0.1, 0.15) is 5.75 Å². The predicted molar refractivity (Wildman–Crippen MR) is 91.1 cm³/mol. The summed E-state index contributed by atoms with van der Waals surface area (Å²) in [6.07, 6.45) is 1.01. The molecule has 0 aliphatic carbocycles. The van der Waals surface area contributed by atoms with Crippen molar-refractivity contribution in [3.63, 3.8) is 0 Å². The average molecular weight is 376 g/mol.